The summed E-state index contributed by atoms with van der Waals surface area (Å²) in [5.41, 5.74) is 0. The Balaban J connectivity index is 1.54. The van der Waals surface area contributed by atoms with Gasteiger partial charge in [0.25, 0.3) is 0 Å². The van der Waals surface area contributed by atoms with Crippen molar-refractivity contribution >= 4 is 11.8 Å². The average molecular weight is 338 g/mol. The van der Waals surface area contributed by atoms with Gasteiger partial charge in [-0.25, -0.2) is 0 Å². The Bertz CT molecular complexity index is 397. The molecule has 0 aromatic rings. The van der Waals surface area contributed by atoms with Crippen molar-refractivity contribution in [3.63, 3.8) is 0 Å². The van der Waals surface area contributed by atoms with Gasteiger partial charge >= 0.3 is 0 Å². The summed E-state index contributed by atoms with van der Waals surface area (Å²) in [6, 6.07) is 0. The molecule has 2 rings (SSSR count). The summed E-state index contributed by atoms with van der Waals surface area (Å²) in [7, 11) is 0. The topological polar surface area (TPSA) is 58.6 Å². The average Bonchev–Trinajstić information content (AvgIpc) is 2.61. The first-order chi connectivity index (χ1) is 11.6. The third-order valence-corrected chi connectivity index (χ3v) is 5.20. The van der Waals surface area contributed by atoms with E-state index >= 15 is 0 Å². The lowest BCUT2D eigenvalue weighted by Gasteiger charge is -2.32. The van der Waals surface area contributed by atoms with E-state index in [0.717, 1.165) is 25.9 Å². The Morgan fingerprint density at radius 3 is 2.38 bits per heavy atom. The van der Waals surface area contributed by atoms with Crippen molar-refractivity contribution < 1.29 is 14.3 Å². The molecule has 5 nitrogen and oxygen atoms in total. The maximum atomic E-state index is 12.2. The van der Waals surface area contributed by atoms with Crippen LogP contribution in [0.2, 0.25) is 0 Å². The molecule has 0 spiro atoms. The molecule has 1 saturated heterocycles. The summed E-state index contributed by atoms with van der Waals surface area (Å²) in [4.78, 5) is 26.1. The Labute approximate surface area is 146 Å². The second-order valence-electron chi connectivity index (χ2n) is 7.53. The normalized spacial score (nSPS) is 20.4. The highest BCUT2D eigenvalue weighted by Crippen LogP contribution is 2.20. The minimum absolute atomic E-state index is 0.0412. The summed E-state index contributed by atoms with van der Waals surface area (Å²) < 4.78 is 5.88. The number of hydrogen-bond acceptors (Lipinski definition) is 3. The fraction of sp³-hybridized carbons (Fsp3) is 0.895. The molecule has 0 aromatic carbocycles. The maximum Gasteiger partial charge on any atom is 0.225 e. The van der Waals surface area contributed by atoms with Crippen LogP contribution in [0.25, 0.3) is 0 Å². The van der Waals surface area contributed by atoms with Crippen LogP contribution < -0.4 is 5.32 Å². The first-order valence-electron chi connectivity index (χ1n) is 9.76. The van der Waals surface area contributed by atoms with E-state index in [1.807, 2.05) is 18.7 Å². The number of nitrogens with zero attached hydrogens (tertiary/aromatic N) is 1. The van der Waals surface area contributed by atoms with Crippen molar-refractivity contribution in [1.82, 2.24) is 10.2 Å². The van der Waals surface area contributed by atoms with Crippen molar-refractivity contribution in [1.29, 1.82) is 0 Å². The van der Waals surface area contributed by atoms with Gasteiger partial charge in [-0.05, 0) is 32.1 Å². The quantitative estimate of drug-likeness (QED) is 0.726. The maximum absolute atomic E-state index is 12.2. The standard InChI is InChI=1S/C19H34N2O3/c1-15(2)19(23)21-12-9-16(10-13-21)18(22)20-11-6-14-24-17-7-4-3-5-8-17/h15-17H,3-14H2,1-2H3,(H,20,22). The molecule has 2 fully saturated rings. The van der Waals surface area contributed by atoms with Gasteiger partial charge in [0.15, 0.2) is 0 Å². The predicted molar refractivity (Wildman–Crippen MR) is 94.6 cm³/mol. The largest absolute Gasteiger partial charge is 0.378 e. The summed E-state index contributed by atoms with van der Waals surface area (Å²) in [6.45, 7) is 6.70. The predicted octanol–water partition coefficient (Wildman–Crippen LogP) is 2.74. The molecule has 1 aliphatic carbocycles. The minimum Gasteiger partial charge on any atom is -0.378 e. The number of piperidine rings is 1. The Morgan fingerprint density at radius 2 is 1.75 bits per heavy atom. The first kappa shape index (κ1) is 19.2. The van der Waals surface area contributed by atoms with Crippen molar-refractivity contribution in [2.24, 2.45) is 11.8 Å². The highest BCUT2D eigenvalue weighted by molar-refractivity contribution is 5.80. The van der Waals surface area contributed by atoms with Crippen LogP contribution in [0.5, 0.6) is 0 Å². The molecular formula is C19H34N2O3. The lowest BCUT2D eigenvalue weighted by atomic mass is 9.95. The van der Waals surface area contributed by atoms with Crippen LogP contribution in [0.1, 0.15) is 65.2 Å². The molecule has 1 saturated carbocycles. The zero-order valence-electron chi connectivity index (χ0n) is 15.4. The van der Waals surface area contributed by atoms with E-state index in [2.05, 4.69) is 5.32 Å². The van der Waals surface area contributed by atoms with Crippen LogP contribution in [-0.2, 0) is 14.3 Å². The molecular weight excluding hydrogens is 304 g/mol. The summed E-state index contributed by atoms with van der Waals surface area (Å²) in [5.74, 6) is 0.443. The molecule has 138 valence electrons. The monoisotopic (exact) mass is 338 g/mol. The molecule has 1 heterocycles. The number of likely N-dealkylation sites (tertiary alicyclic amines) is 1. The summed E-state index contributed by atoms with van der Waals surface area (Å²) in [5, 5.41) is 3.03. The molecule has 0 unspecified atom stereocenters. The number of amides is 2. The van der Waals surface area contributed by atoms with Gasteiger partial charge in [-0.15, -0.1) is 0 Å². The van der Waals surface area contributed by atoms with Gasteiger partial charge < -0.3 is 15.0 Å². The molecule has 0 atom stereocenters. The smallest absolute Gasteiger partial charge is 0.225 e. The zero-order chi connectivity index (χ0) is 17.4. The third kappa shape index (κ3) is 6.08. The van der Waals surface area contributed by atoms with Crippen molar-refractivity contribution in [2.45, 2.75) is 71.3 Å². The van der Waals surface area contributed by atoms with E-state index < -0.39 is 0 Å². The molecule has 0 aromatic heterocycles. The van der Waals surface area contributed by atoms with Crippen LogP contribution in [0.3, 0.4) is 0 Å². The molecule has 2 aliphatic rings. The fourth-order valence-electron chi connectivity index (χ4n) is 3.64. The van der Waals surface area contributed by atoms with E-state index in [1.165, 1.54) is 32.1 Å². The molecule has 5 heteroatoms. The highest BCUT2D eigenvalue weighted by Gasteiger charge is 2.27. The van der Waals surface area contributed by atoms with Crippen molar-refractivity contribution in [2.75, 3.05) is 26.2 Å². The van der Waals surface area contributed by atoms with Crippen LogP contribution >= 0.6 is 0 Å². The van der Waals surface area contributed by atoms with Gasteiger partial charge in [0, 0.05) is 38.1 Å². The number of ether oxygens (including phenoxy) is 1. The van der Waals surface area contributed by atoms with Gasteiger partial charge in [0.05, 0.1) is 6.10 Å². The molecule has 2 amide bonds. The fourth-order valence-corrected chi connectivity index (χ4v) is 3.64. The second-order valence-corrected chi connectivity index (χ2v) is 7.53. The number of carbonyl (C=O) groups excluding carboxylic acids is 2. The second kappa shape index (κ2) is 10.0. The number of nitrogens with one attached hydrogen (secondary N) is 1. The van der Waals surface area contributed by atoms with Crippen LogP contribution in [0.15, 0.2) is 0 Å². The summed E-state index contributed by atoms with van der Waals surface area (Å²) in [6.07, 6.45) is 9.20. The summed E-state index contributed by atoms with van der Waals surface area (Å²) >= 11 is 0. The van der Waals surface area contributed by atoms with E-state index in [-0.39, 0.29) is 23.7 Å². The van der Waals surface area contributed by atoms with Gasteiger partial charge in [0.1, 0.15) is 0 Å². The first-order valence-corrected chi connectivity index (χ1v) is 9.76. The molecule has 0 bridgehead atoms. The number of hydrogen-bond donors (Lipinski definition) is 1. The molecule has 24 heavy (non-hydrogen) atoms. The van der Waals surface area contributed by atoms with E-state index in [4.69, 9.17) is 4.74 Å². The van der Waals surface area contributed by atoms with Gasteiger partial charge in [-0.3, -0.25) is 9.59 Å². The van der Waals surface area contributed by atoms with Crippen LogP contribution in [0.4, 0.5) is 0 Å². The molecule has 1 N–H and O–H groups in total. The SMILES string of the molecule is CC(C)C(=O)N1CCC(C(=O)NCCCOC2CCCCC2)CC1. The van der Waals surface area contributed by atoms with Crippen LogP contribution in [-0.4, -0.2) is 49.1 Å². The molecule has 1 aliphatic heterocycles. The molecule has 0 radical (unpaired) electrons. The lowest BCUT2D eigenvalue weighted by Crippen LogP contribution is -2.44. The third-order valence-electron chi connectivity index (χ3n) is 5.20. The van der Waals surface area contributed by atoms with E-state index in [1.54, 1.807) is 0 Å². The van der Waals surface area contributed by atoms with Gasteiger partial charge in [-0.1, -0.05) is 33.1 Å². The zero-order valence-corrected chi connectivity index (χ0v) is 15.4. The Morgan fingerprint density at radius 1 is 1.08 bits per heavy atom. The van der Waals surface area contributed by atoms with Crippen molar-refractivity contribution in [3.8, 4) is 0 Å². The van der Waals surface area contributed by atoms with Crippen LogP contribution in [0, 0.1) is 11.8 Å². The van der Waals surface area contributed by atoms with Gasteiger partial charge in [-0.2, -0.15) is 0 Å². The number of carbonyl (C=O) groups is 2. The highest BCUT2D eigenvalue weighted by atomic mass is 16.5. The Hall–Kier alpha value is -1.10. The number of rotatable bonds is 7. The minimum atomic E-state index is 0.0412. The lowest BCUT2D eigenvalue weighted by molar-refractivity contribution is -0.138. The van der Waals surface area contributed by atoms with E-state index in [9.17, 15) is 9.59 Å². The Kier molecular flexibility index (Phi) is 8.03. The van der Waals surface area contributed by atoms with E-state index in [0.29, 0.717) is 25.7 Å². The van der Waals surface area contributed by atoms with Gasteiger partial charge in [0.2, 0.25) is 11.8 Å². The van der Waals surface area contributed by atoms with Crippen molar-refractivity contribution in [3.05, 3.63) is 0 Å².